The van der Waals surface area contributed by atoms with Gasteiger partial charge in [-0.25, -0.2) is 0 Å². The molecule has 0 spiro atoms. The van der Waals surface area contributed by atoms with Crippen LogP contribution in [0.5, 0.6) is 0 Å². The summed E-state index contributed by atoms with van der Waals surface area (Å²) in [5, 5.41) is 10.6. The van der Waals surface area contributed by atoms with Crippen LogP contribution >= 0.6 is 0 Å². The maximum atomic E-state index is 4.25. The highest BCUT2D eigenvalue weighted by molar-refractivity contribution is 5.39. The minimum Gasteiger partial charge on any atom is -0.352 e. The molecule has 1 saturated heterocycles. The Balaban J connectivity index is 2.08. The van der Waals surface area contributed by atoms with Crippen molar-refractivity contribution in [3.8, 4) is 0 Å². The highest BCUT2D eigenvalue weighted by Gasteiger charge is 2.17. The lowest BCUT2D eigenvalue weighted by Gasteiger charge is -2.31. The molecule has 0 bridgehead atoms. The SMILES string of the molecule is Cc1cc(N2CCNC(C)C2)n[nH]1. The summed E-state index contributed by atoms with van der Waals surface area (Å²) in [5.74, 6) is 1.07. The van der Waals surface area contributed by atoms with Gasteiger partial charge >= 0.3 is 0 Å². The maximum Gasteiger partial charge on any atom is 0.150 e. The zero-order valence-corrected chi connectivity index (χ0v) is 8.17. The summed E-state index contributed by atoms with van der Waals surface area (Å²) in [7, 11) is 0. The molecule has 72 valence electrons. The molecule has 0 amide bonds. The standard InChI is InChI=1S/C9H16N4/c1-7-5-9(12-11-7)13-4-3-10-8(2)6-13/h5,8,10H,3-4,6H2,1-2H3,(H,11,12). The summed E-state index contributed by atoms with van der Waals surface area (Å²) in [6, 6.07) is 2.66. The van der Waals surface area contributed by atoms with Crippen LogP contribution in [0.3, 0.4) is 0 Å². The van der Waals surface area contributed by atoms with Gasteiger partial charge in [0.15, 0.2) is 5.82 Å². The molecule has 2 rings (SSSR count). The quantitative estimate of drug-likeness (QED) is 0.662. The molecule has 1 unspecified atom stereocenters. The van der Waals surface area contributed by atoms with Gasteiger partial charge in [-0.05, 0) is 13.8 Å². The van der Waals surface area contributed by atoms with Crippen molar-refractivity contribution >= 4 is 5.82 Å². The molecule has 2 heterocycles. The summed E-state index contributed by atoms with van der Waals surface area (Å²) in [4.78, 5) is 2.31. The van der Waals surface area contributed by atoms with Crippen molar-refractivity contribution < 1.29 is 0 Å². The molecule has 1 aromatic rings. The largest absolute Gasteiger partial charge is 0.352 e. The summed E-state index contributed by atoms with van der Waals surface area (Å²) >= 11 is 0. The van der Waals surface area contributed by atoms with Gasteiger partial charge in [-0.1, -0.05) is 0 Å². The molecule has 1 aromatic heterocycles. The van der Waals surface area contributed by atoms with E-state index >= 15 is 0 Å². The lowest BCUT2D eigenvalue weighted by atomic mass is 10.2. The summed E-state index contributed by atoms with van der Waals surface area (Å²) in [5.41, 5.74) is 1.13. The third-order valence-electron chi connectivity index (χ3n) is 2.39. The van der Waals surface area contributed by atoms with Gasteiger partial charge in [0.1, 0.15) is 0 Å². The van der Waals surface area contributed by atoms with E-state index in [1.54, 1.807) is 0 Å². The van der Waals surface area contributed by atoms with Crippen molar-refractivity contribution in [2.24, 2.45) is 0 Å². The Hall–Kier alpha value is -1.03. The number of nitrogens with zero attached hydrogens (tertiary/aromatic N) is 2. The Morgan fingerprint density at radius 3 is 3.08 bits per heavy atom. The van der Waals surface area contributed by atoms with Crippen LogP contribution in [0.15, 0.2) is 6.07 Å². The van der Waals surface area contributed by atoms with Gasteiger partial charge < -0.3 is 10.2 Å². The van der Waals surface area contributed by atoms with Gasteiger partial charge in [-0.3, -0.25) is 5.10 Å². The average Bonchev–Trinajstić information content (AvgIpc) is 2.52. The zero-order valence-electron chi connectivity index (χ0n) is 8.17. The van der Waals surface area contributed by atoms with Crippen LogP contribution in [0.4, 0.5) is 5.82 Å². The highest BCUT2D eigenvalue weighted by Crippen LogP contribution is 2.13. The molecule has 13 heavy (non-hydrogen) atoms. The van der Waals surface area contributed by atoms with Crippen LogP contribution in [-0.2, 0) is 0 Å². The minimum absolute atomic E-state index is 0.561. The van der Waals surface area contributed by atoms with Crippen LogP contribution < -0.4 is 10.2 Å². The van der Waals surface area contributed by atoms with E-state index < -0.39 is 0 Å². The molecule has 0 radical (unpaired) electrons. The number of hydrogen-bond acceptors (Lipinski definition) is 3. The van der Waals surface area contributed by atoms with Crippen LogP contribution in [-0.4, -0.2) is 35.9 Å². The Bertz CT molecular complexity index is 281. The number of anilines is 1. The van der Waals surface area contributed by atoms with Crippen LogP contribution in [0.25, 0.3) is 0 Å². The first kappa shape index (κ1) is 8.56. The topological polar surface area (TPSA) is 44.0 Å². The van der Waals surface area contributed by atoms with E-state index in [0.717, 1.165) is 31.1 Å². The second-order valence-electron chi connectivity index (χ2n) is 3.71. The summed E-state index contributed by atoms with van der Waals surface area (Å²) in [6.45, 7) is 7.37. The van der Waals surface area contributed by atoms with E-state index in [-0.39, 0.29) is 0 Å². The predicted molar refractivity (Wildman–Crippen MR) is 53.0 cm³/mol. The van der Waals surface area contributed by atoms with E-state index in [0.29, 0.717) is 6.04 Å². The lowest BCUT2D eigenvalue weighted by Crippen LogP contribution is -2.49. The number of aromatic nitrogens is 2. The molecule has 1 aliphatic heterocycles. The molecule has 4 heteroatoms. The van der Waals surface area contributed by atoms with Crippen molar-refractivity contribution in [1.29, 1.82) is 0 Å². The number of hydrogen-bond donors (Lipinski definition) is 2. The van der Waals surface area contributed by atoms with E-state index in [2.05, 4.69) is 33.4 Å². The number of rotatable bonds is 1. The summed E-state index contributed by atoms with van der Waals surface area (Å²) in [6.07, 6.45) is 0. The number of piperazine rings is 1. The van der Waals surface area contributed by atoms with Crippen LogP contribution in [0, 0.1) is 6.92 Å². The predicted octanol–water partition coefficient (Wildman–Crippen LogP) is 0.516. The van der Waals surface area contributed by atoms with Crippen molar-refractivity contribution in [3.63, 3.8) is 0 Å². The second kappa shape index (κ2) is 3.38. The molecule has 0 saturated carbocycles. The molecule has 0 aliphatic carbocycles. The monoisotopic (exact) mass is 180 g/mol. The second-order valence-corrected chi connectivity index (χ2v) is 3.71. The fraction of sp³-hybridized carbons (Fsp3) is 0.667. The Morgan fingerprint density at radius 1 is 1.62 bits per heavy atom. The molecule has 1 aliphatic rings. The third-order valence-corrected chi connectivity index (χ3v) is 2.39. The number of aromatic amines is 1. The molecule has 4 nitrogen and oxygen atoms in total. The van der Waals surface area contributed by atoms with Gasteiger partial charge in [0.25, 0.3) is 0 Å². The maximum absolute atomic E-state index is 4.25. The first-order chi connectivity index (χ1) is 6.25. The highest BCUT2D eigenvalue weighted by atomic mass is 15.3. The Morgan fingerprint density at radius 2 is 2.46 bits per heavy atom. The first-order valence-electron chi connectivity index (χ1n) is 4.76. The van der Waals surface area contributed by atoms with Gasteiger partial charge in [-0.2, -0.15) is 5.10 Å². The summed E-state index contributed by atoms with van der Waals surface area (Å²) < 4.78 is 0. The third kappa shape index (κ3) is 1.83. The van der Waals surface area contributed by atoms with E-state index in [9.17, 15) is 0 Å². The smallest absolute Gasteiger partial charge is 0.150 e. The lowest BCUT2D eigenvalue weighted by molar-refractivity contribution is 0.482. The van der Waals surface area contributed by atoms with Crippen molar-refractivity contribution in [2.75, 3.05) is 24.5 Å². The van der Waals surface area contributed by atoms with E-state index in [1.165, 1.54) is 0 Å². The Kier molecular flexibility index (Phi) is 2.22. The Labute approximate surface area is 78.3 Å². The van der Waals surface area contributed by atoms with Crippen LogP contribution in [0.2, 0.25) is 0 Å². The molecular formula is C9H16N4. The van der Waals surface area contributed by atoms with Gasteiger partial charge in [0, 0.05) is 37.4 Å². The molecule has 0 aromatic carbocycles. The number of H-pyrrole nitrogens is 1. The van der Waals surface area contributed by atoms with Gasteiger partial charge in [0.05, 0.1) is 0 Å². The fourth-order valence-electron chi connectivity index (χ4n) is 1.71. The van der Waals surface area contributed by atoms with E-state index in [1.807, 2.05) is 6.92 Å². The molecule has 1 fully saturated rings. The molecule has 2 N–H and O–H groups in total. The fourth-order valence-corrected chi connectivity index (χ4v) is 1.71. The molecular weight excluding hydrogens is 164 g/mol. The minimum atomic E-state index is 0.561. The number of aryl methyl sites for hydroxylation is 1. The normalized spacial score (nSPS) is 23.5. The number of nitrogens with one attached hydrogen (secondary N) is 2. The van der Waals surface area contributed by atoms with Crippen LogP contribution in [0.1, 0.15) is 12.6 Å². The van der Waals surface area contributed by atoms with Gasteiger partial charge in [0.2, 0.25) is 0 Å². The van der Waals surface area contributed by atoms with Crippen molar-refractivity contribution in [1.82, 2.24) is 15.5 Å². The average molecular weight is 180 g/mol. The molecule has 1 atom stereocenters. The zero-order chi connectivity index (χ0) is 9.26. The van der Waals surface area contributed by atoms with Crippen molar-refractivity contribution in [2.45, 2.75) is 19.9 Å². The van der Waals surface area contributed by atoms with Gasteiger partial charge in [-0.15, -0.1) is 0 Å². The van der Waals surface area contributed by atoms with E-state index in [4.69, 9.17) is 0 Å². The van der Waals surface area contributed by atoms with Crippen molar-refractivity contribution in [3.05, 3.63) is 11.8 Å². The first-order valence-corrected chi connectivity index (χ1v) is 4.76.